The summed E-state index contributed by atoms with van der Waals surface area (Å²) in [6.45, 7) is 4.11. The van der Waals surface area contributed by atoms with E-state index in [1.807, 2.05) is 35.2 Å². The molecular weight excluding hydrogens is 376 g/mol. The highest BCUT2D eigenvalue weighted by Gasteiger charge is 2.23. The summed E-state index contributed by atoms with van der Waals surface area (Å²) in [5.41, 5.74) is 2.52. The Kier molecular flexibility index (Phi) is 6.50. The maximum atomic E-state index is 12.6. The summed E-state index contributed by atoms with van der Waals surface area (Å²) in [4.78, 5) is 15.8. The highest BCUT2D eigenvalue weighted by atomic mass is 16.5. The summed E-state index contributed by atoms with van der Waals surface area (Å²) in [6.07, 6.45) is 2.16. The molecule has 0 bridgehead atoms. The molecule has 156 valence electrons. The molecule has 0 aliphatic carbocycles. The molecule has 0 radical (unpaired) electrons. The minimum Gasteiger partial charge on any atom is -0.497 e. The number of quaternary nitrogens is 1. The number of furan rings is 1. The molecule has 2 aromatic carbocycles. The van der Waals surface area contributed by atoms with Gasteiger partial charge >= 0.3 is 0 Å². The number of likely N-dealkylation sites (tertiary alicyclic amines) is 1. The summed E-state index contributed by atoms with van der Waals surface area (Å²) < 4.78 is 11.2. The molecule has 30 heavy (non-hydrogen) atoms. The van der Waals surface area contributed by atoms with Crippen LogP contribution in [-0.2, 0) is 19.6 Å². The number of ether oxygens (including phenoxy) is 1. The van der Waals surface area contributed by atoms with Gasteiger partial charge in [-0.1, -0.05) is 30.3 Å². The van der Waals surface area contributed by atoms with Crippen LogP contribution in [0.5, 0.6) is 5.75 Å². The van der Waals surface area contributed by atoms with Gasteiger partial charge in [0.1, 0.15) is 25.4 Å². The molecule has 3 aromatic rings. The van der Waals surface area contributed by atoms with Crippen LogP contribution in [0.3, 0.4) is 0 Å². The molecule has 1 amide bonds. The lowest BCUT2D eigenvalue weighted by atomic mass is 10.1. The van der Waals surface area contributed by atoms with Crippen molar-refractivity contribution in [3.63, 3.8) is 0 Å². The highest BCUT2D eigenvalue weighted by Crippen LogP contribution is 2.15. The fraction of sp³-hybridized carbons (Fsp3) is 0.320. The number of carbonyl (C=O) groups excluding carboxylic acids is 1. The van der Waals surface area contributed by atoms with Gasteiger partial charge in [0.15, 0.2) is 11.5 Å². The molecule has 4 rings (SSSR count). The van der Waals surface area contributed by atoms with Gasteiger partial charge in [-0.25, -0.2) is 0 Å². The van der Waals surface area contributed by atoms with Crippen molar-refractivity contribution < 1.29 is 18.8 Å². The van der Waals surface area contributed by atoms with E-state index >= 15 is 0 Å². The lowest BCUT2D eigenvalue weighted by molar-refractivity contribution is -0.942. The van der Waals surface area contributed by atoms with E-state index in [1.165, 1.54) is 16.0 Å². The molecule has 1 aromatic heterocycles. The van der Waals surface area contributed by atoms with Gasteiger partial charge in [0.25, 0.3) is 5.91 Å². The normalized spacial score (nSPS) is 14.6. The maximum Gasteiger partial charge on any atom is 0.289 e. The molecule has 1 saturated heterocycles. The van der Waals surface area contributed by atoms with Crippen LogP contribution in [0.1, 0.15) is 40.3 Å². The Labute approximate surface area is 177 Å². The number of benzene rings is 2. The van der Waals surface area contributed by atoms with E-state index in [1.54, 1.807) is 7.11 Å². The summed E-state index contributed by atoms with van der Waals surface area (Å²) in [5, 5.41) is 0. The van der Waals surface area contributed by atoms with Crippen LogP contribution >= 0.6 is 0 Å². The Morgan fingerprint density at radius 2 is 1.57 bits per heavy atom. The zero-order chi connectivity index (χ0) is 20.8. The maximum absolute atomic E-state index is 12.6. The average molecular weight is 406 g/mol. The van der Waals surface area contributed by atoms with Crippen LogP contribution < -0.4 is 9.64 Å². The van der Waals surface area contributed by atoms with E-state index in [2.05, 4.69) is 36.4 Å². The molecule has 0 saturated carbocycles. The molecule has 1 aliphatic rings. The summed E-state index contributed by atoms with van der Waals surface area (Å²) in [5.74, 6) is 2.17. The van der Waals surface area contributed by atoms with Gasteiger partial charge in [0, 0.05) is 24.2 Å². The monoisotopic (exact) mass is 405 g/mol. The first-order valence-electron chi connectivity index (χ1n) is 10.6. The van der Waals surface area contributed by atoms with Crippen LogP contribution in [-0.4, -0.2) is 31.0 Å². The molecule has 5 nitrogen and oxygen atoms in total. The number of carbonyl (C=O) groups is 1. The van der Waals surface area contributed by atoms with E-state index < -0.39 is 0 Å². The Balaban J connectivity index is 1.48. The number of hydrogen-bond donors (Lipinski definition) is 1. The van der Waals surface area contributed by atoms with Crippen LogP contribution in [0.15, 0.2) is 71.1 Å². The highest BCUT2D eigenvalue weighted by molar-refractivity contribution is 5.91. The Bertz CT molecular complexity index is 944. The van der Waals surface area contributed by atoms with Crippen LogP contribution in [0.2, 0.25) is 0 Å². The van der Waals surface area contributed by atoms with Crippen molar-refractivity contribution in [3.05, 3.63) is 89.4 Å². The van der Waals surface area contributed by atoms with E-state index in [-0.39, 0.29) is 5.91 Å². The van der Waals surface area contributed by atoms with E-state index in [9.17, 15) is 4.79 Å². The smallest absolute Gasteiger partial charge is 0.289 e. The molecule has 1 unspecified atom stereocenters. The number of nitrogens with zero attached hydrogens (tertiary/aromatic N) is 1. The number of methoxy groups -OCH3 is 1. The minimum absolute atomic E-state index is 0.0125. The Morgan fingerprint density at radius 3 is 2.23 bits per heavy atom. The Hall–Kier alpha value is -3.05. The third-order valence-corrected chi connectivity index (χ3v) is 5.60. The van der Waals surface area contributed by atoms with Crippen LogP contribution in [0.4, 0.5) is 0 Å². The topological polar surface area (TPSA) is 47.1 Å². The van der Waals surface area contributed by atoms with E-state index in [0.29, 0.717) is 12.3 Å². The average Bonchev–Trinajstić information content (AvgIpc) is 3.47. The predicted molar refractivity (Wildman–Crippen MR) is 115 cm³/mol. The van der Waals surface area contributed by atoms with Gasteiger partial charge in [-0.3, -0.25) is 4.79 Å². The van der Waals surface area contributed by atoms with E-state index in [0.717, 1.165) is 50.5 Å². The number of rotatable bonds is 8. The summed E-state index contributed by atoms with van der Waals surface area (Å²) in [6, 6.07) is 22.4. The quantitative estimate of drug-likeness (QED) is 0.626. The minimum atomic E-state index is 0.0125. The number of hydrogen-bond acceptors (Lipinski definition) is 3. The molecular formula is C25H29N2O3+. The third-order valence-electron chi connectivity index (χ3n) is 5.60. The van der Waals surface area contributed by atoms with Crippen molar-refractivity contribution in [2.24, 2.45) is 0 Å². The van der Waals surface area contributed by atoms with Gasteiger partial charge in [-0.05, 0) is 49.2 Å². The lowest BCUT2D eigenvalue weighted by Crippen LogP contribution is -3.08. The van der Waals surface area contributed by atoms with Crippen LogP contribution in [0.25, 0.3) is 0 Å². The Morgan fingerprint density at radius 1 is 0.900 bits per heavy atom. The largest absolute Gasteiger partial charge is 0.497 e. The molecule has 1 atom stereocenters. The second-order valence-corrected chi connectivity index (χ2v) is 7.88. The summed E-state index contributed by atoms with van der Waals surface area (Å²) >= 11 is 0. The molecule has 1 N–H and O–H groups in total. The first-order valence-corrected chi connectivity index (χ1v) is 10.6. The second-order valence-electron chi connectivity index (χ2n) is 7.88. The zero-order valence-corrected chi connectivity index (χ0v) is 17.5. The standard InChI is InChI=1S/C25H28N2O3/c1-29-22-11-9-21(10-12-22)18-26(17-20-7-3-2-4-8-20)19-23-13-14-24(30-23)25(28)27-15-5-6-16-27/h2-4,7-14H,5-6,15-19H2,1H3/p+1. The fourth-order valence-corrected chi connectivity index (χ4v) is 4.01. The SMILES string of the molecule is COc1ccc(C[NH+](Cc2ccccc2)Cc2ccc(C(=O)N3CCCC3)o2)cc1. The lowest BCUT2D eigenvalue weighted by Gasteiger charge is -2.19. The summed E-state index contributed by atoms with van der Waals surface area (Å²) in [7, 11) is 1.68. The van der Waals surface area contributed by atoms with Gasteiger partial charge in [-0.15, -0.1) is 0 Å². The number of nitrogens with one attached hydrogen (secondary N) is 1. The van der Waals surface area contributed by atoms with Gasteiger partial charge in [0.05, 0.1) is 7.11 Å². The third kappa shape index (κ3) is 5.10. The van der Waals surface area contributed by atoms with Crippen molar-refractivity contribution >= 4 is 5.91 Å². The molecule has 0 spiro atoms. The predicted octanol–water partition coefficient (Wildman–Crippen LogP) is 3.31. The second kappa shape index (κ2) is 9.63. The zero-order valence-electron chi connectivity index (χ0n) is 17.5. The first kappa shape index (κ1) is 20.2. The van der Waals surface area contributed by atoms with Crippen molar-refractivity contribution in [2.45, 2.75) is 32.5 Å². The molecule has 1 aliphatic heterocycles. The van der Waals surface area contributed by atoms with Crippen molar-refractivity contribution in [1.82, 2.24) is 4.90 Å². The molecule has 5 heteroatoms. The van der Waals surface area contributed by atoms with Crippen LogP contribution in [0, 0.1) is 0 Å². The molecule has 2 heterocycles. The molecule has 1 fully saturated rings. The fourth-order valence-electron chi connectivity index (χ4n) is 4.01. The van der Waals surface area contributed by atoms with Crippen molar-refractivity contribution in [2.75, 3.05) is 20.2 Å². The van der Waals surface area contributed by atoms with Crippen molar-refractivity contribution in [1.29, 1.82) is 0 Å². The van der Waals surface area contributed by atoms with Gasteiger partial charge in [-0.2, -0.15) is 0 Å². The van der Waals surface area contributed by atoms with Crippen molar-refractivity contribution in [3.8, 4) is 5.75 Å². The van der Waals surface area contributed by atoms with Gasteiger partial charge < -0.3 is 19.0 Å². The first-order chi connectivity index (χ1) is 14.7. The van der Waals surface area contributed by atoms with Gasteiger partial charge in [0.2, 0.25) is 0 Å². The van der Waals surface area contributed by atoms with E-state index in [4.69, 9.17) is 9.15 Å². The number of amides is 1.